The number of carbonyl (C=O) groups excluding carboxylic acids is 3. The average Bonchev–Trinajstić information content (AvgIpc) is 3.75. The smallest absolute Gasteiger partial charge is 0.264 e. The van der Waals surface area contributed by atoms with Crippen molar-refractivity contribution < 1.29 is 29.0 Å². The van der Waals surface area contributed by atoms with Crippen LogP contribution in [0.2, 0.25) is 18.6 Å². The second-order valence-electron chi connectivity index (χ2n) is 14.3. The molecule has 0 saturated carbocycles. The van der Waals surface area contributed by atoms with Crippen LogP contribution in [-0.2, 0) is 31.1 Å². The minimum Gasteiger partial charge on any atom is -0.497 e. The van der Waals surface area contributed by atoms with Gasteiger partial charge in [0.25, 0.3) is 5.91 Å². The molecule has 48 heavy (non-hydrogen) atoms. The van der Waals surface area contributed by atoms with E-state index in [1.54, 1.807) is 28.9 Å². The normalized spacial score (nSPS) is 26.8. The molecule has 3 aromatic rings. The fourth-order valence-corrected chi connectivity index (χ4v) is 13.1. The lowest BCUT2D eigenvalue weighted by Gasteiger charge is -2.37. The van der Waals surface area contributed by atoms with Crippen molar-refractivity contribution in [2.24, 2.45) is 5.92 Å². The Hall–Kier alpha value is -3.99. The van der Waals surface area contributed by atoms with Crippen molar-refractivity contribution in [1.82, 2.24) is 4.90 Å². The molecule has 5 atom stereocenters. The van der Waals surface area contributed by atoms with Gasteiger partial charge in [-0.25, -0.2) is 0 Å². The van der Waals surface area contributed by atoms with Gasteiger partial charge in [0, 0.05) is 37.2 Å². The number of para-hydroxylation sites is 1. The first-order valence-corrected chi connectivity index (χ1v) is 20.2. The molecule has 0 unspecified atom stereocenters. The Morgan fingerprint density at radius 3 is 2.52 bits per heavy atom. The number of likely N-dealkylation sites (tertiary alicyclic amines) is 1. The number of aliphatic hydroxyl groups is 1. The SMILES string of the molecule is COc1ccc([Si](C)(C)[C@@H]2[C@@H](CC(=O)N3CCC[C@H]3CO)O[C@]3(C(=O)N(C)c4ccc(N5C(=O)CCc6ccccc65)cc43)[C@H]2C)cc1. The first-order chi connectivity index (χ1) is 23.0. The largest absolute Gasteiger partial charge is 0.497 e. The monoisotopic (exact) mass is 667 g/mol. The van der Waals surface area contributed by atoms with E-state index in [0.29, 0.717) is 25.1 Å². The Bertz CT molecular complexity index is 1760. The van der Waals surface area contributed by atoms with Crippen LogP contribution in [0, 0.1) is 5.92 Å². The molecule has 10 heteroatoms. The molecule has 4 aliphatic heterocycles. The molecule has 2 fully saturated rings. The molecule has 3 aromatic carbocycles. The van der Waals surface area contributed by atoms with E-state index in [1.807, 2.05) is 48.5 Å². The summed E-state index contributed by atoms with van der Waals surface area (Å²) in [6, 6.07) is 21.7. The summed E-state index contributed by atoms with van der Waals surface area (Å²) in [7, 11) is 0.984. The van der Waals surface area contributed by atoms with Crippen molar-refractivity contribution in [1.29, 1.82) is 0 Å². The summed E-state index contributed by atoms with van der Waals surface area (Å²) in [6.45, 7) is 7.25. The Morgan fingerprint density at radius 2 is 1.79 bits per heavy atom. The summed E-state index contributed by atoms with van der Waals surface area (Å²) in [5.41, 5.74) is 2.74. The number of ether oxygens (including phenoxy) is 2. The number of benzene rings is 3. The number of rotatable bonds is 7. The Morgan fingerprint density at radius 1 is 1.04 bits per heavy atom. The number of aliphatic hydroxyl groups excluding tert-OH is 1. The molecule has 2 saturated heterocycles. The van der Waals surface area contributed by atoms with E-state index in [9.17, 15) is 19.5 Å². The van der Waals surface area contributed by atoms with Gasteiger partial charge in [-0.3, -0.25) is 19.3 Å². The van der Waals surface area contributed by atoms with E-state index in [4.69, 9.17) is 9.47 Å². The molecule has 3 amide bonds. The van der Waals surface area contributed by atoms with Gasteiger partial charge in [-0.2, -0.15) is 0 Å². The quantitative estimate of drug-likeness (QED) is 0.361. The van der Waals surface area contributed by atoms with E-state index in [-0.39, 0.29) is 48.3 Å². The van der Waals surface area contributed by atoms with Crippen LogP contribution in [-0.4, -0.2) is 75.3 Å². The van der Waals surface area contributed by atoms with Gasteiger partial charge in [-0.05, 0) is 66.8 Å². The number of amides is 3. The van der Waals surface area contributed by atoms with Gasteiger partial charge in [0.2, 0.25) is 11.8 Å². The second kappa shape index (κ2) is 12.2. The average molecular weight is 668 g/mol. The molecule has 252 valence electrons. The van der Waals surface area contributed by atoms with E-state index < -0.39 is 19.8 Å². The molecule has 7 rings (SSSR count). The number of nitrogens with zero attached hydrogens (tertiary/aromatic N) is 3. The Labute approximate surface area is 283 Å². The predicted octanol–water partition coefficient (Wildman–Crippen LogP) is 4.87. The van der Waals surface area contributed by atoms with Gasteiger partial charge in [0.05, 0.1) is 51.7 Å². The molecule has 0 aliphatic carbocycles. The molecule has 0 bridgehead atoms. The lowest BCUT2D eigenvalue weighted by Crippen LogP contribution is -2.52. The van der Waals surface area contributed by atoms with Crippen molar-refractivity contribution in [3.63, 3.8) is 0 Å². The third kappa shape index (κ3) is 4.90. The van der Waals surface area contributed by atoms with Crippen molar-refractivity contribution in [2.75, 3.05) is 37.1 Å². The molecular weight excluding hydrogens is 623 g/mol. The van der Waals surface area contributed by atoms with Crippen molar-refractivity contribution in [3.8, 4) is 5.75 Å². The Kier molecular flexibility index (Phi) is 8.24. The van der Waals surface area contributed by atoms with Crippen LogP contribution in [0.4, 0.5) is 17.1 Å². The number of likely N-dealkylation sites (N-methyl/N-ethyl adjacent to an activating group) is 1. The zero-order valence-corrected chi connectivity index (χ0v) is 29.4. The van der Waals surface area contributed by atoms with Gasteiger partial charge < -0.3 is 24.4 Å². The second-order valence-corrected chi connectivity index (χ2v) is 19.0. The van der Waals surface area contributed by atoms with Crippen molar-refractivity contribution >= 4 is 48.0 Å². The summed E-state index contributed by atoms with van der Waals surface area (Å²) < 4.78 is 12.6. The van der Waals surface area contributed by atoms with Crippen LogP contribution in [0.15, 0.2) is 66.7 Å². The standard InChI is InChI=1S/C38H45N3O6Si/c1-24-36(48(4,5)29-16-14-28(46-3)15-17-29)33(22-35(44)40-20-8-10-27(40)23-42)47-38(24)30-21-26(13-18-32(30)39(2)37(38)45)41-31-11-7-6-9-25(31)12-19-34(41)43/h6-7,9,11,13-18,21,24,27,33,36,42H,8,10,12,19-20,22-23H2,1-5H3/t24-,27-,33+,36-,38+/m0/s1. The van der Waals surface area contributed by atoms with E-state index >= 15 is 0 Å². The van der Waals surface area contributed by atoms with Crippen LogP contribution in [0.1, 0.15) is 43.7 Å². The van der Waals surface area contributed by atoms with Gasteiger partial charge in [-0.15, -0.1) is 0 Å². The third-order valence-corrected chi connectivity index (χ3v) is 15.9. The zero-order valence-electron chi connectivity index (χ0n) is 28.4. The fraction of sp³-hybridized carbons (Fsp3) is 0.447. The van der Waals surface area contributed by atoms with Crippen LogP contribution >= 0.6 is 0 Å². The highest BCUT2D eigenvalue weighted by Crippen LogP contribution is 2.60. The van der Waals surface area contributed by atoms with Crippen LogP contribution in [0.25, 0.3) is 0 Å². The molecule has 9 nitrogen and oxygen atoms in total. The first kappa shape index (κ1) is 32.5. The topological polar surface area (TPSA) is 99.6 Å². The van der Waals surface area contributed by atoms with Gasteiger partial charge in [-0.1, -0.05) is 55.5 Å². The molecule has 1 N–H and O–H groups in total. The van der Waals surface area contributed by atoms with E-state index in [1.165, 1.54) is 5.19 Å². The summed E-state index contributed by atoms with van der Waals surface area (Å²) in [5.74, 6) is 0.311. The van der Waals surface area contributed by atoms with Crippen LogP contribution < -0.4 is 19.7 Å². The number of anilines is 3. The van der Waals surface area contributed by atoms with Gasteiger partial charge in [0.1, 0.15) is 5.75 Å². The van der Waals surface area contributed by atoms with Gasteiger partial charge in [0.15, 0.2) is 5.60 Å². The third-order valence-electron chi connectivity index (χ3n) is 11.6. The molecule has 0 aromatic heterocycles. The maximum atomic E-state index is 14.6. The van der Waals surface area contributed by atoms with E-state index in [0.717, 1.165) is 41.1 Å². The highest BCUT2D eigenvalue weighted by molar-refractivity contribution is 6.91. The number of hydrogen-bond donors (Lipinski definition) is 1. The van der Waals surface area contributed by atoms with E-state index in [2.05, 4.69) is 38.2 Å². The number of methoxy groups -OCH3 is 1. The fourth-order valence-electron chi connectivity index (χ4n) is 9.10. The van der Waals surface area contributed by atoms with Crippen LogP contribution in [0.3, 0.4) is 0 Å². The maximum absolute atomic E-state index is 14.6. The number of carbonyl (C=O) groups is 3. The highest BCUT2D eigenvalue weighted by atomic mass is 28.3. The molecular formula is C38H45N3O6Si. The number of aryl methyl sites for hydroxylation is 1. The van der Waals surface area contributed by atoms with Crippen molar-refractivity contribution in [3.05, 3.63) is 77.9 Å². The molecule has 4 aliphatic rings. The first-order valence-electron chi connectivity index (χ1n) is 17.1. The molecule has 0 radical (unpaired) electrons. The molecule has 4 heterocycles. The summed E-state index contributed by atoms with van der Waals surface area (Å²) in [4.78, 5) is 47.3. The lowest BCUT2D eigenvalue weighted by atomic mass is 9.82. The summed E-state index contributed by atoms with van der Waals surface area (Å²) >= 11 is 0. The molecule has 1 spiro atoms. The summed E-state index contributed by atoms with van der Waals surface area (Å²) in [6.07, 6.45) is 2.34. The Balaban J connectivity index is 1.34. The highest BCUT2D eigenvalue weighted by Gasteiger charge is 2.66. The summed E-state index contributed by atoms with van der Waals surface area (Å²) in [5, 5.41) is 11.2. The number of fused-ring (bicyclic) bond motifs is 3. The number of hydrogen-bond acceptors (Lipinski definition) is 6. The minimum absolute atomic E-state index is 0.0132. The maximum Gasteiger partial charge on any atom is 0.264 e. The predicted molar refractivity (Wildman–Crippen MR) is 188 cm³/mol. The van der Waals surface area contributed by atoms with Crippen molar-refractivity contribution in [2.45, 2.75) is 75.4 Å². The lowest BCUT2D eigenvalue weighted by molar-refractivity contribution is -0.149. The van der Waals surface area contributed by atoms with Crippen LogP contribution in [0.5, 0.6) is 5.75 Å². The minimum atomic E-state index is -2.45. The zero-order chi connectivity index (χ0) is 34.0. The van der Waals surface area contributed by atoms with Gasteiger partial charge >= 0.3 is 0 Å².